The molecule has 1 aromatic carbocycles. The largest absolute Gasteiger partial charge is 0.496 e. The zero-order chi connectivity index (χ0) is 20.5. The Bertz CT molecular complexity index is 767. The first-order valence-corrected chi connectivity index (χ1v) is 9.88. The van der Waals surface area contributed by atoms with Crippen LogP contribution in [0.5, 0.6) is 5.75 Å². The number of ether oxygens (including phenoxy) is 2. The van der Waals surface area contributed by atoms with Crippen molar-refractivity contribution in [3.8, 4) is 11.8 Å². The van der Waals surface area contributed by atoms with Crippen LogP contribution in [0.15, 0.2) is 24.3 Å². The molecule has 1 heterocycles. The molecule has 3 rings (SSSR count). The Kier molecular flexibility index (Phi) is 5.58. The van der Waals surface area contributed by atoms with Gasteiger partial charge in [-0.05, 0) is 51.5 Å². The van der Waals surface area contributed by atoms with Crippen molar-refractivity contribution in [2.75, 3.05) is 20.2 Å². The first kappa shape index (κ1) is 20.5. The molecule has 4 unspecified atom stereocenters. The highest BCUT2D eigenvalue weighted by molar-refractivity contribution is 5.68. The van der Waals surface area contributed by atoms with E-state index >= 15 is 0 Å². The van der Waals surface area contributed by atoms with Gasteiger partial charge in [-0.1, -0.05) is 18.2 Å². The van der Waals surface area contributed by atoms with Crippen LogP contribution in [-0.4, -0.2) is 41.9 Å². The number of para-hydroxylation sites is 1. The van der Waals surface area contributed by atoms with Crippen molar-refractivity contribution in [1.82, 2.24) is 4.90 Å². The van der Waals surface area contributed by atoms with Gasteiger partial charge in [-0.25, -0.2) is 4.79 Å². The van der Waals surface area contributed by atoms with Crippen LogP contribution in [0.1, 0.15) is 45.6 Å². The highest BCUT2D eigenvalue weighted by Crippen LogP contribution is 2.52. The van der Waals surface area contributed by atoms with E-state index in [2.05, 4.69) is 6.07 Å². The molecule has 1 saturated carbocycles. The molecule has 1 aromatic rings. The molecule has 1 saturated heterocycles. The normalized spacial score (nSPS) is 29.7. The number of nitriles is 1. The summed E-state index contributed by atoms with van der Waals surface area (Å²) >= 11 is 0. The fraction of sp³-hybridized carbons (Fsp3) is 0.636. The number of likely N-dealkylation sites (tertiary alicyclic amines) is 1. The monoisotopic (exact) mass is 386 g/mol. The Morgan fingerprint density at radius 1 is 1.36 bits per heavy atom. The van der Waals surface area contributed by atoms with Gasteiger partial charge in [0.15, 0.2) is 0 Å². The first-order valence-electron chi connectivity index (χ1n) is 9.88. The molecule has 28 heavy (non-hydrogen) atoms. The molecule has 1 aliphatic heterocycles. The fourth-order valence-electron chi connectivity index (χ4n) is 4.83. The van der Waals surface area contributed by atoms with Gasteiger partial charge >= 0.3 is 6.09 Å². The highest BCUT2D eigenvalue weighted by atomic mass is 16.6. The second-order valence-electron chi connectivity index (χ2n) is 9.04. The molecule has 0 aromatic heterocycles. The summed E-state index contributed by atoms with van der Waals surface area (Å²) in [6.07, 6.45) is 1.37. The molecule has 152 valence electrons. The molecule has 1 amide bonds. The molecular formula is C22H30N2O4. The number of carbonyl (C=O) groups is 1. The summed E-state index contributed by atoms with van der Waals surface area (Å²) in [5.41, 5.74) is -0.970. The van der Waals surface area contributed by atoms with E-state index in [1.54, 1.807) is 12.0 Å². The summed E-state index contributed by atoms with van der Waals surface area (Å²) in [6, 6.07) is 9.75. The third kappa shape index (κ3) is 3.95. The van der Waals surface area contributed by atoms with Crippen LogP contribution in [0.4, 0.5) is 4.79 Å². The van der Waals surface area contributed by atoms with Gasteiger partial charge < -0.3 is 19.5 Å². The van der Waals surface area contributed by atoms with Crippen molar-refractivity contribution in [3.05, 3.63) is 29.8 Å². The summed E-state index contributed by atoms with van der Waals surface area (Å²) < 4.78 is 11.1. The predicted octanol–water partition coefficient (Wildman–Crippen LogP) is 3.69. The topological polar surface area (TPSA) is 82.8 Å². The van der Waals surface area contributed by atoms with Crippen LogP contribution in [0, 0.1) is 29.1 Å². The minimum atomic E-state index is -1.15. The van der Waals surface area contributed by atoms with Crippen LogP contribution in [-0.2, 0) is 10.3 Å². The summed E-state index contributed by atoms with van der Waals surface area (Å²) in [4.78, 5) is 14.3. The van der Waals surface area contributed by atoms with E-state index in [1.165, 1.54) is 0 Å². The molecule has 0 bridgehead atoms. The van der Waals surface area contributed by atoms with E-state index in [9.17, 15) is 15.2 Å². The molecule has 1 aliphatic carbocycles. The van der Waals surface area contributed by atoms with Gasteiger partial charge in [-0.15, -0.1) is 0 Å². The third-order valence-electron chi connectivity index (χ3n) is 5.90. The average Bonchev–Trinajstić information content (AvgIpc) is 3.06. The summed E-state index contributed by atoms with van der Waals surface area (Å²) in [7, 11) is 1.59. The first-order chi connectivity index (χ1) is 13.2. The molecule has 0 spiro atoms. The van der Waals surface area contributed by atoms with Crippen molar-refractivity contribution >= 4 is 6.09 Å². The maximum Gasteiger partial charge on any atom is 0.410 e. The zero-order valence-corrected chi connectivity index (χ0v) is 17.1. The fourth-order valence-corrected chi connectivity index (χ4v) is 4.83. The number of amides is 1. The third-order valence-corrected chi connectivity index (χ3v) is 5.90. The molecule has 6 nitrogen and oxygen atoms in total. The second kappa shape index (κ2) is 7.63. The quantitative estimate of drug-likeness (QED) is 0.857. The maximum atomic E-state index is 12.6. The predicted molar refractivity (Wildman–Crippen MR) is 105 cm³/mol. The van der Waals surface area contributed by atoms with Gasteiger partial charge in [0.25, 0.3) is 0 Å². The van der Waals surface area contributed by atoms with Crippen molar-refractivity contribution in [2.24, 2.45) is 17.8 Å². The Morgan fingerprint density at radius 2 is 2.07 bits per heavy atom. The number of hydrogen-bond donors (Lipinski definition) is 1. The summed E-state index contributed by atoms with van der Waals surface area (Å²) in [6.45, 7) is 6.53. The van der Waals surface area contributed by atoms with Crippen LogP contribution in [0.3, 0.4) is 0 Å². The molecule has 4 atom stereocenters. The lowest BCUT2D eigenvalue weighted by atomic mass is 9.63. The van der Waals surface area contributed by atoms with Crippen molar-refractivity contribution in [1.29, 1.82) is 5.26 Å². The number of hydrogen-bond acceptors (Lipinski definition) is 5. The van der Waals surface area contributed by atoms with E-state index in [-0.39, 0.29) is 23.8 Å². The average molecular weight is 386 g/mol. The van der Waals surface area contributed by atoms with Crippen molar-refractivity contribution in [2.45, 2.75) is 51.2 Å². The number of nitrogens with zero attached hydrogens (tertiary/aromatic N) is 2. The van der Waals surface area contributed by atoms with Gasteiger partial charge in [0.2, 0.25) is 0 Å². The standard InChI is InChI=1S/C22H30N2O4/c1-21(2,3)28-20(25)24-13-16-11-15(9-10-23)12-22(26,18(16)14-24)17-7-5-6-8-19(17)27-4/h5-8,15-16,18,26H,9,11-14H2,1-4H3. The van der Waals surface area contributed by atoms with Crippen LogP contribution in [0.25, 0.3) is 0 Å². The van der Waals surface area contributed by atoms with E-state index in [0.717, 1.165) is 12.0 Å². The Hall–Kier alpha value is -2.26. The molecule has 1 N–H and O–H groups in total. The van der Waals surface area contributed by atoms with Crippen molar-refractivity contribution < 1.29 is 19.4 Å². The summed E-state index contributed by atoms with van der Waals surface area (Å²) in [5.74, 6) is 0.720. The second-order valence-corrected chi connectivity index (χ2v) is 9.04. The smallest absolute Gasteiger partial charge is 0.410 e. The molecule has 0 radical (unpaired) electrons. The van der Waals surface area contributed by atoms with Gasteiger partial charge in [0.05, 0.1) is 18.8 Å². The number of rotatable bonds is 3. The van der Waals surface area contributed by atoms with Gasteiger partial charge in [-0.3, -0.25) is 0 Å². The number of methoxy groups -OCH3 is 1. The van der Waals surface area contributed by atoms with Gasteiger partial charge in [-0.2, -0.15) is 5.26 Å². The van der Waals surface area contributed by atoms with E-state index in [1.807, 2.05) is 45.0 Å². The Morgan fingerprint density at radius 3 is 2.71 bits per heavy atom. The minimum Gasteiger partial charge on any atom is -0.496 e. The molecule has 2 aliphatic rings. The minimum absolute atomic E-state index is 0.0831. The van der Waals surface area contributed by atoms with Gasteiger partial charge in [0.1, 0.15) is 11.4 Å². The Labute approximate surface area is 167 Å². The van der Waals surface area contributed by atoms with Crippen molar-refractivity contribution in [3.63, 3.8) is 0 Å². The van der Waals surface area contributed by atoms with Crippen LogP contribution < -0.4 is 4.74 Å². The lowest BCUT2D eigenvalue weighted by molar-refractivity contribution is -0.0842. The number of benzene rings is 1. The Balaban J connectivity index is 1.93. The SMILES string of the molecule is COc1ccccc1C1(O)CC(CC#N)CC2CN(C(=O)OC(C)(C)C)CC21. The highest BCUT2D eigenvalue weighted by Gasteiger charge is 2.54. The maximum absolute atomic E-state index is 12.6. The number of fused-ring (bicyclic) bond motifs is 1. The molecule has 6 heteroatoms. The summed E-state index contributed by atoms with van der Waals surface area (Å²) in [5, 5.41) is 21.1. The van der Waals surface area contributed by atoms with E-state index in [4.69, 9.17) is 9.47 Å². The van der Waals surface area contributed by atoms with Crippen LogP contribution in [0.2, 0.25) is 0 Å². The van der Waals surface area contributed by atoms with E-state index in [0.29, 0.717) is 31.7 Å². The van der Waals surface area contributed by atoms with Crippen LogP contribution >= 0.6 is 0 Å². The van der Waals surface area contributed by atoms with E-state index < -0.39 is 11.2 Å². The lowest BCUT2D eigenvalue weighted by Crippen LogP contribution is -2.46. The molecular weight excluding hydrogens is 356 g/mol. The number of aliphatic hydroxyl groups is 1. The lowest BCUT2D eigenvalue weighted by Gasteiger charge is -2.45. The molecule has 2 fully saturated rings. The zero-order valence-electron chi connectivity index (χ0n) is 17.1. The van der Waals surface area contributed by atoms with Gasteiger partial charge in [0, 0.05) is 31.0 Å². The number of carbonyl (C=O) groups excluding carboxylic acids is 1.